The molecule has 0 atom stereocenters. The number of hydrogen-bond acceptors (Lipinski definition) is 1. The number of halogens is 4. The van der Waals surface area contributed by atoms with Crippen molar-refractivity contribution in [3.63, 3.8) is 0 Å². The highest BCUT2D eigenvalue weighted by atomic mass is 79.9. The molecular formula is C10H8BrF3O. The van der Waals surface area contributed by atoms with Crippen LogP contribution in [-0.4, -0.2) is 12.0 Å². The van der Waals surface area contributed by atoms with E-state index in [0.717, 1.165) is 5.56 Å². The topological polar surface area (TPSA) is 17.1 Å². The fourth-order valence-corrected chi connectivity index (χ4v) is 1.85. The van der Waals surface area contributed by atoms with Crippen LogP contribution < -0.4 is 0 Å². The zero-order valence-electron chi connectivity index (χ0n) is 7.86. The Kier molecular flexibility index (Phi) is 3.54. The molecule has 0 saturated carbocycles. The van der Waals surface area contributed by atoms with Gasteiger partial charge in [0.15, 0.2) is 0 Å². The quantitative estimate of drug-likeness (QED) is 0.811. The Morgan fingerprint density at radius 3 is 2.40 bits per heavy atom. The maximum atomic E-state index is 12.0. The number of carbonyl (C=O) groups excluding carboxylic acids is 1. The molecule has 0 bridgehead atoms. The highest BCUT2D eigenvalue weighted by Crippen LogP contribution is 2.21. The lowest BCUT2D eigenvalue weighted by Crippen LogP contribution is -2.24. The van der Waals surface area contributed by atoms with Crippen molar-refractivity contribution in [1.82, 2.24) is 0 Å². The van der Waals surface area contributed by atoms with Gasteiger partial charge in [0.25, 0.3) is 0 Å². The highest BCUT2D eigenvalue weighted by Gasteiger charge is 2.37. The lowest BCUT2D eigenvalue weighted by atomic mass is 10.1. The van der Waals surface area contributed by atoms with E-state index in [4.69, 9.17) is 0 Å². The zero-order chi connectivity index (χ0) is 11.6. The Balaban J connectivity index is 2.86. The Labute approximate surface area is 93.4 Å². The van der Waals surface area contributed by atoms with Gasteiger partial charge in [0.1, 0.15) is 0 Å². The summed E-state index contributed by atoms with van der Waals surface area (Å²) >= 11 is 3.16. The van der Waals surface area contributed by atoms with Crippen LogP contribution in [0.3, 0.4) is 0 Å². The first-order chi connectivity index (χ1) is 6.79. The number of Topliss-reactive ketones (excluding diaryl/α,β-unsaturated/α-hetero) is 1. The van der Waals surface area contributed by atoms with Crippen LogP contribution in [0.25, 0.3) is 0 Å². The second kappa shape index (κ2) is 4.35. The lowest BCUT2D eigenvalue weighted by molar-refractivity contribution is -0.170. The van der Waals surface area contributed by atoms with Crippen molar-refractivity contribution >= 4 is 21.7 Å². The standard InChI is InChI=1S/C10H8BrF3O/c1-6-2-7(4-8(11)3-6)5-9(15)10(12,13)14/h2-4H,5H2,1H3. The van der Waals surface area contributed by atoms with E-state index in [1.807, 2.05) is 0 Å². The van der Waals surface area contributed by atoms with Gasteiger partial charge >= 0.3 is 6.18 Å². The molecule has 0 unspecified atom stereocenters. The average molecular weight is 281 g/mol. The van der Waals surface area contributed by atoms with Gasteiger partial charge in [-0.15, -0.1) is 0 Å². The Bertz CT molecular complexity index is 364. The van der Waals surface area contributed by atoms with Gasteiger partial charge in [-0.2, -0.15) is 13.2 Å². The van der Waals surface area contributed by atoms with Gasteiger partial charge < -0.3 is 0 Å². The molecule has 0 fully saturated rings. The smallest absolute Gasteiger partial charge is 0.289 e. The van der Waals surface area contributed by atoms with E-state index in [1.165, 1.54) is 6.07 Å². The summed E-state index contributed by atoms with van der Waals surface area (Å²) in [4.78, 5) is 10.7. The second-order valence-corrected chi connectivity index (χ2v) is 4.15. The molecule has 5 heteroatoms. The van der Waals surface area contributed by atoms with Crippen LogP contribution in [0.5, 0.6) is 0 Å². The maximum absolute atomic E-state index is 12.0. The molecule has 0 N–H and O–H groups in total. The summed E-state index contributed by atoms with van der Waals surface area (Å²) in [6.07, 6.45) is -5.36. The molecule has 0 aromatic heterocycles. The van der Waals surface area contributed by atoms with E-state index >= 15 is 0 Å². The molecule has 0 radical (unpaired) electrons. The summed E-state index contributed by atoms with van der Waals surface area (Å²) in [6.45, 7) is 1.76. The maximum Gasteiger partial charge on any atom is 0.450 e. The fourth-order valence-electron chi connectivity index (χ4n) is 1.20. The Morgan fingerprint density at radius 1 is 1.33 bits per heavy atom. The van der Waals surface area contributed by atoms with E-state index in [9.17, 15) is 18.0 Å². The molecule has 15 heavy (non-hydrogen) atoms. The molecule has 0 aliphatic heterocycles. The SMILES string of the molecule is Cc1cc(Br)cc(CC(=O)C(F)(F)F)c1. The molecule has 0 amide bonds. The summed E-state index contributed by atoms with van der Waals surface area (Å²) in [6, 6.07) is 4.84. The summed E-state index contributed by atoms with van der Waals surface area (Å²) in [5.74, 6) is -1.72. The van der Waals surface area contributed by atoms with Gasteiger partial charge in [0, 0.05) is 10.9 Å². The van der Waals surface area contributed by atoms with Crippen LogP contribution in [0.2, 0.25) is 0 Å². The van der Waals surface area contributed by atoms with Crippen LogP contribution >= 0.6 is 15.9 Å². The van der Waals surface area contributed by atoms with Crippen molar-refractivity contribution in [3.05, 3.63) is 33.8 Å². The van der Waals surface area contributed by atoms with Crippen molar-refractivity contribution in [2.45, 2.75) is 19.5 Å². The summed E-state index contributed by atoms with van der Waals surface area (Å²) in [7, 11) is 0. The van der Waals surface area contributed by atoms with Gasteiger partial charge in [0.05, 0.1) is 0 Å². The molecule has 1 aromatic rings. The van der Waals surface area contributed by atoms with E-state index < -0.39 is 18.4 Å². The van der Waals surface area contributed by atoms with Crippen LogP contribution in [0.4, 0.5) is 13.2 Å². The Hall–Kier alpha value is -0.840. The van der Waals surface area contributed by atoms with Gasteiger partial charge in [-0.05, 0) is 30.2 Å². The predicted molar refractivity (Wildman–Crippen MR) is 53.6 cm³/mol. The van der Waals surface area contributed by atoms with Gasteiger partial charge in [-0.1, -0.05) is 22.0 Å². The molecule has 0 spiro atoms. The van der Waals surface area contributed by atoms with E-state index in [-0.39, 0.29) is 0 Å². The first kappa shape index (κ1) is 12.2. The molecule has 0 aliphatic rings. The Morgan fingerprint density at radius 2 is 1.93 bits per heavy atom. The average Bonchev–Trinajstić information content (AvgIpc) is 1.99. The van der Waals surface area contributed by atoms with Gasteiger partial charge in [0.2, 0.25) is 5.78 Å². The van der Waals surface area contributed by atoms with E-state index in [0.29, 0.717) is 10.0 Å². The number of alkyl halides is 3. The number of rotatable bonds is 2. The summed E-state index contributed by atoms with van der Waals surface area (Å²) in [5.41, 5.74) is 1.18. The van der Waals surface area contributed by atoms with Gasteiger partial charge in [-0.3, -0.25) is 4.79 Å². The van der Waals surface area contributed by atoms with Crippen molar-refractivity contribution in [2.24, 2.45) is 0 Å². The number of ketones is 1. The largest absolute Gasteiger partial charge is 0.450 e. The number of carbonyl (C=O) groups is 1. The molecule has 0 aliphatic carbocycles. The highest BCUT2D eigenvalue weighted by molar-refractivity contribution is 9.10. The molecular weight excluding hydrogens is 273 g/mol. The van der Waals surface area contributed by atoms with Crippen molar-refractivity contribution in [1.29, 1.82) is 0 Å². The predicted octanol–water partition coefficient (Wildman–Crippen LogP) is 3.43. The van der Waals surface area contributed by atoms with E-state index in [2.05, 4.69) is 15.9 Å². The van der Waals surface area contributed by atoms with Crippen LogP contribution in [0.1, 0.15) is 11.1 Å². The third-order valence-electron chi connectivity index (χ3n) is 1.78. The minimum atomic E-state index is -4.75. The van der Waals surface area contributed by atoms with Crippen LogP contribution in [-0.2, 0) is 11.2 Å². The van der Waals surface area contributed by atoms with E-state index in [1.54, 1.807) is 19.1 Å². The zero-order valence-corrected chi connectivity index (χ0v) is 9.45. The molecule has 82 valence electrons. The molecule has 0 heterocycles. The summed E-state index contributed by atoms with van der Waals surface area (Å²) < 4.78 is 36.6. The van der Waals surface area contributed by atoms with Crippen LogP contribution in [0.15, 0.2) is 22.7 Å². The number of aryl methyl sites for hydroxylation is 1. The normalized spacial score (nSPS) is 11.5. The first-order valence-electron chi connectivity index (χ1n) is 4.15. The minimum Gasteiger partial charge on any atom is -0.289 e. The molecule has 1 rings (SSSR count). The van der Waals surface area contributed by atoms with Gasteiger partial charge in [-0.25, -0.2) is 0 Å². The number of hydrogen-bond donors (Lipinski definition) is 0. The van der Waals surface area contributed by atoms with Crippen molar-refractivity contribution in [2.75, 3.05) is 0 Å². The summed E-state index contributed by atoms with van der Waals surface area (Å²) in [5, 5.41) is 0. The second-order valence-electron chi connectivity index (χ2n) is 3.23. The third-order valence-corrected chi connectivity index (χ3v) is 2.24. The van der Waals surface area contributed by atoms with Crippen LogP contribution in [0, 0.1) is 6.92 Å². The lowest BCUT2D eigenvalue weighted by Gasteiger charge is -2.06. The first-order valence-corrected chi connectivity index (χ1v) is 4.94. The van der Waals surface area contributed by atoms with Crippen molar-refractivity contribution < 1.29 is 18.0 Å². The monoisotopic (exact) mass is 280 g/mol. The third kappa shape index (κ3) is 3.66. The fraction of sp³-hybridized carbons (Fsp3) is 0.300. The molecule has 0 saturated heterocycles. The molecule has 1 aromatic carbocycles. The minimum absolute atomic E-state index is 0.365. The van der Waals surface area contributed by atoms with Crippen molar-refractivity contribution in [3.8, 4) is 0 Å². The molecule has 1 nitrogen and oxygen atoms in total. The number of benzene rings is 1.